The Morgan fingerprint density at radius 2 is 2.29 bits per heavy atom. The molecule has 1 unspecified atom stereocenters. The van der Waals surface area contributed by atoms with Gasteiger partial charge in [0.2, 0.25) is 5.91 Å². The van der Waals surface area contributed by atoms with Crippen LogP contribution in [0.15, 0.2) is 0 Å². The number of ether oxygens (including phenoxy) is 1. The molecular weight excluding hydrogens is 184 g/mol. The molecular formula is C9H16N2O3. The van der Waals surface area contributed by atoms with E-state index in [2.05, 4.69) is 4.74 Å². The van der Waals surface area contributed by atoms with Crippen LogP contribution in [0.2, 0.25) is 0 Å². The predicted octanol–water partition coefficient (Wildman–Crippen LogP) is -0.501. The van der Waals surface area contributed by atoms with Gasteiger partial charge in [-0.05, 0) is 19.4 Å². The Balaban J connectivity index is 2.19. The molecule has 2 N–H and O–H groups in total. The summed E-state index contributed by atoms with van der Waals surface area (Å²) in [6, 6.07) is -0.104. The fourth-order valence-corrected chi connectivity index (χ4v) is 1.57. The topological polar surface area (TPSA) is 72.6 Å². The molecule has 0 radical (unpaired) electrons. The van der Waals surface area contributed by atoms with Crippen LogP contribution in [0, 0.1) is 0 Å². The largest absolute Gasteiger partial charge is 0.468 e. The molecule has 14 heavy (non-hydrogen) atoms. The normalized spacial score (nSPS) is 21.4. The van der Waals surface area contributed by atoms with Crippen LogP contribution in [0.3, 0.4) is 0 Å². The van der Waals surface area contributed by atoms with E-state index in [-0.39, 0.29) is 17.9 Å². The van der Waals surface area contributed by atoms with Crippen molar-refractivity contribution in [3.05, 3.63) is 0 Å². The molecule has 0 aromatic rings. The van der Waals surface area contributed by atoms with E-state index in [9.17, 15) is 9.59 Å². The second kappa shape index (κ2) is 4.95. The van der Waals surface area contributed by atoms with Crippen molar-refractivity contribution in [1.29, 1.82) is 0 Å². The highest BCUT2D eigenvalue weighted by atomic mass is 16.5. The third-order valence-corrected chi connectivity index (χ3v) is 2.47. The van der Waals surface area contributed by atoms with E-state index in [0.717, 1.165) is 19.5 Å². The van der Waals surface area contributed by atoms with Crippen LogP contribution in [0.1, 0.15) is 19.3 Å². The highest BCUT2D eigenvalue weighted by Gasteiger charge is 2.34. The number of carbonyl (C=O) groups is 2. The van der Waals surface area contributed by atoms with Crippen molar-refractivity contribution < 1.29 is 14.3 Å². The Morgan fingerprint density at radius 1 is 1.57 bits per heavy atom. The quantitative estimate of drug-likeness (QED) is 0.607. The third kappa shape index (κ3) is 2.70. The van der Waals surface area contributed by atoms with Crippen molar-refractivity contribution >= 4 is 11.9 Å². The first-order chi connectivity index (χ1) is 6.65. The van der Waals surface area contributed by atoms with Gasteiger partial charge in [0.1, 0.15) is 6.04 Å². The number of rotatable bonds is 5. The molecule has 1 fully saturated rings. The number of esters is 1. The van der Waals surface area contributed by atoms with E-state index in [1.54, 1.807) is 0 Å². The van der Waals surface area contributed by atoms with Crippen molar-refractivity contribution in [2.45, 2.75) is 25.3 Å². The van der Waals surface area contributed by atoms with Gasteiger partial charge in [0.25, 0.3) is 0 Å². The number of methoxy groups -OCH3 is 1. The standard InChI is InChI=1S/C9H16N2O3/c1-14-9(13)7-4-6-11(7)5-2-3-8(10)12/h7H,2-6H2,1H3,(H2,10,12). The maximum absolute atomic E-state index is 11.1. The number of hydrogen-bond acceptors (Lipinski definition) is 4. The Hall–Kier alpha value is -1.10. The van der Waals surface area contributed by atoms with Gasteiger partial charge in [-0.1, -0.05) is 0 Å². The Kier molecular flexibility index (Phi) is 3.88. The molecule has 1 amide bonds. The van der Waals surface area contributed by atoms with Gasteiger partial charge in [-0.2, -0.15) is 0 Å². The van der Waals surface area contributed by atoms with E-state index in [0.29, 0.717) is 12.8 Å². The summed E-state index contributed by atoms with van der Waals surface area (Å²) < 4.78 is 4.64. The van der Waals surface area contributed by atoms with Gasteiger partial charge in [-0.3, -0.25) is 14.5 Å². The van der Waals surface area contributed by atoms with Crippen molar-refractivity contribution in [2.75, 3.05) is 20.2 Å². The number of carbonyl (C=O) groups excluding carboxylic acids is 2. The molecule has 1 atom stereocenters. The number of amides is 1. The number of primary amides is 1. The van der Waals surface area contributed by atoms with Crippen molar-refractivity contribution in [1.82, 2.24) is 4.90 Å². The average molecular weight is 200 g/mol. The molecule has 80 valence electrons. The lowest BCUT2D eigenvalue weighted by atomic mass is 10.0. The lowest BCUT2D eigenvalue weighted by molar-refractivity contribution is -0.151. The molecule has 1 heterocycles. The first-order valence-electron chi connectivity index (χ1n) is 4.75. The highest BCUT2D eigenvalue weighted by molar-refractivity contribution is 5.76. The average Bonchev–Trinajstić information content (AvgIpc) is 2.09. The molecule has 0 spiro atoms. The van der Waals surface area contributed by atoms with Gasteiger partial charge >= 0.3 is 5.97 Å². The van der Waals surface area contributed by atoms with Gasteiger partial charge in [-0.15, -0.1) is 0 Å². The molecule has 0 bridgehead atoms. The maximum atomic E-state index is 11.1. The summed E-state index contributed by atoms with van der Waals surface area (Å²) in [5.41, 5.74) is 5.01. The fourth-order valence-electron chi connectivity index (χ4n) is 1.57. The van der Waals surface area contributed by atoms with E-state index in [4.69, 9.17) is 5.73 Å². The minimum Gasteiger partial charge on any atom is -0.468 e. The number of hydrogen-bond donors (Lipinski definition) is 1. The van der Waals surface area contributed by atoms with Crippen molar-refractivity contribution in [3.63, 3.8) is 0 Å². The van der Waals surface area contributed by atoms with Gasteiger partial charge in [0.05, 0.1) is 7.11 Å². The number of nitrogens with two attached hydrogens (primary N) is 1. The Morgan fingerprint density at radius 3 is 2.71 bits per heavy atom. The molecule has 5 heteroatoms. The zero-order valence-corrected chi connectivity index (χ0v) is 8.36. The highest BCUT2D eigenvalue weighted by Crippen LogP contribution is 2.18. The molecule has 0 aromatic carbocycles. The van der Waals surface area contributed by atoms with Gasteiger partial charge < -0.3 is 10.5 Å². The van der Waals surface area contributed by atoms with Crippen LogP contribution in [0.5, 0.6) is 0 Å². The molecule has 1 aliphatic heterocycles. The first kappa shape index (κ1) is 11.0. The molecule has 1 aliphatic rings. The zero-order chi connectivity index (χ0) is 10.6. The van der Waals surface area contributed by atoms with Gasteiger partial charge in [0, 0.05) is 13.0 Å². The summed E-state index contributed by atoms with van der Waals surface area (Å²) in [5, 5.41) is 0. The summed E-state index contributed by atoms with van der Waals surface area (Å²) in [7, 11) is 1.39. The van der Waals surface area contributed by atoms with Crippen molar-refractivity contribution in [3.8, 4) is 0 Å². The van der Waals surface area contributed by atoms with Gasteiger partial charge in [-0.25, -0.2) is 0 Å². The van der Waals surface area contributed by atoms with Crippen LogP contribution < -0.4 is 5.73 Å². The summed E-state index contributed by atoms with van der Waals surface area (Å²) in [4.78, 5) is 23.6. The maximum Gasteiger partial charge on any atom is 0.323 e. The Labute approximate surface area is 83.2 Å². The van der Waals surface area contributed by atoms with Crippen LogP contribution in [-0.2, 0) is 14.3 Å². The summed E-state index contributed by atoms with van der Waals surface area (Å²) in [6.45, 7) is 1.64. The Bertz CT molecular complexity index is 230. The van der Waals surface area contributed by atoms with E-state index in [1.165, 1.54) is 7.11 Å². The van der Waals surface area contributed by atoms with E-state index >= 15 is 0 Å². The summed E-state index contributed by atoms with van der Waals surface area (Å²) in [6.07, 6.45) is 1.94. The molecule has 5 nitrogen and oxygen atoms in total. The minimum atomic E-state index is -0.292. The lowest BCUT2D eigenvalue weighted by Crippen LogP contribution is -2.53. The smallest absolute Gasteiger partial charge is 0.323 e. The zero-order valence-electron chi connectivity index (χ0n) is 8.36. The molecule has 0 aromatic heterocycles. The van der Waals surface area contributed by atoms with Crippen LogP contribution in [0.4, 0.5) is 0 Å². The first-order valence-corrected chi connectivity index (χ1v) is 4.75. The minimum absolute atomic E-state index is 0.104. The number of nitrogens with zero attached hydrogens (tertiary/aromatic N) is 1. The molecule has 1 saturated heterocycles. The van der Waals surface area contributed by atoms with E-state index < -0.39 is 0 Å². The van der Waals surface area contributed by atoms with Crippen LogP contribution >= 0.6 is 0 Å². The second-order valence-corrected chi connectivity index (χ2v) is 3.43. The molecule has 0 aliphatic carbocycles. The van der Waals surface area contributed by atoms with Crippen molar-refractivity contribution in [2.24, 2.45) is 5.73 Å². The van der Waals surface area contributed by atoms with Crippen LogP contribution in [-0.4, -0.2) is 43.0 Å². The monoisotopic (exact) mass is 200 g/mol. The number of likely N-dealkylation sites (tertiary alicyclic amines) is 1. The fraction of sp³-hybridized carbons (Fsp3) is 0.778. The van der Waals surface area contributed by atoms with Crippen LogP contribution in [0.25, 0.3) is 0 Å². The molecule has 0 saturated carbocycles. The summed E-state index contributed by atoms with van der Waals surface area (Å²) in [5.74, 6) is -0.476. The third-order valence-electron chi connectivity index (χ3n) is 2.47. The van der Waals surface area contributed by atoms with Gasteiger partial charge in [0.15, 0.2) is 0 Å². The second-order valence-electron chi connectivity index (χ2n) is 3.43. The molecule has 1 rings (SSSR count). The SMILES string of the molecule is COC(=O)C1CCN1CCCC(N)=O. The van der Waals surface area contributed by atoms with E-state index in [1.807, 2.05) is 4.90 Å². The summed E-state index contributed by atoms with van der Waals surface area (Å²) >= 11 is 0. The lowest BCUT2D eigenvalue weighted by Gasteiger charge is -2.38. The predicted molar refractivity (Wildman–Crippen MR) is 50.4 cm³/mol.